The lowest BCUT2D eigenvalue weighted by Crippen LogP contribution is -2.34. The number of nitrogens with one attached hydrogen (secondary N) is 2. The highest BCUT2D eigenvalue weighted by molar-refractivity contribution is 7.89. The van der Waals surface area contributed by atoms with Crippen LogP contribution in [0.4, 0.5) is 5.69 Å². The average Bonchev–Trinajstić information content (AvgIpc) is 3.27. The molecular formula is C23H26N4O3S. The number of amides is 1. The predicted molar refractivity (Wildman–Crippen MR) is 120 cm³/mol. The summed E-state index contributed by atoms with van der Waals surface area (Å²) < 4.78 is 29.0. The topological polar surface area (TPSA) is 95.2 Å². The average molecular weight is 439 g/mol. The van der Waals surface area contributed by atoms with Crippen molar-refractivity contribution in [2.75, 3.05) is 11.4 Å². The molecule has 2 N–H and O–H groups in total. The third-order valence-electron chi connectivity index (χ3n) is 5.58. The van der Waals surface area contributed by atoms with Crippen LogP contribution in [0, 0.1) is 0 Å². The predicted octanol–water partition coefficient (Wildman–Crippen LogP) is 3.81. The van der Waals surface area contributed by atoms with Gasteiger partial charge in [0.15, 0.2) is 0 Å². The minimum atomic E-state index is -3.76. The molecule has 162 valence electrons. The van der Waals surface area contributed by atoms with E-state index in [1.165, 1.54) is 6.92 Å². The van der Waals surface area contributed by atoms with Crippen molar-refractivity contribution >= 4 is 21.6 Å². The number of rotatable bonds is 6. The normalized spacial score (nSPS) is 14.8. The van der Waals surface area contributed by atoms with Gasteiger partial charge in [-0.2, -0.15) is 0 Å². The van der Waals surface area contributed by atoms with E-state index in [1.807, 2.05) is 37.3 Å². The Labute approximate surface area is 182 Å². The fourth-order valence-electron chi connectivity index (χ4n) is 3.93. The van der Waals surface area contributed by atoms with Crippen LogP contribution in [0.5, 0.6) is 0 Å². The smallest absolute Gasteiger partial charge is 0.241 e. The van der Waals surface area contributed by atoms with E-state index in [1.54, 1.807) is 29.3 Å². The molecule has 4 rings (SSSR count). The van der Waals surface area contributed by atoms with Crippen molar-refractivity contribution in [2.45, 2.75) is 44.0 Å². The summed E-state index contributed by atoms with van der Waals surface area (Å²) in [6.07, 6.45) is 3.83. The Morgan fingerprint density at radius 2 is 2.00 bits per heavy atom. The number of aromatic nitrogens is 2. The van der Waals surface area contributed by atoms with Crippen LogP contribution < -0.4 is 9.62 Å². The van der Waals surface area contributed by atoms with Crippen LogP contribution in [0.25, 0.3) is 11.3 Å². The van der Waals surface area contributed by atoms with Crippen LogP contribution in [-0.2, 0) is 21.2 Å². The number of benzene rings is 2. The van der Waals surface area contributed by atoms with Gasteiger partial charge >= 0.3 is 0 Å². The van der Waals surface area contributed by atoms with E-state index in [0.29, 0.717) is 18.8 Å². The molecule has 1 aliphatic heterocycles. The number of fused-ring (bicyclic) bond motifs is 1. The number of sulfonamides is 1. The number of H-pyrrole nitrogens is 1. The maximum Gasteiger partial charge on any atom is 0.241 e. The lowest BCUT2D eigenvalue weighted by Gasteiger charge is -2.29. The van der Waals surface area contributed by atoms with E-state index >= 15 is 0 Å². The number of carbonyl (C=O) groups is 1. The van der Waals surface area contributed by atoms with E-state index in [0.717, 1.165) is 35.3 Å². The first-order valence-corrected chi connectivity index (χ1v) is 11.9. The van der Waals surface area contributed by atoms with Crippen LogP contribution in [0.15, 0.2) is 59.6 Å². The van der Waals surface area contributed by atoms with Crippen molar-refractivity contribution in [1.82, 2.24) is 14.7 Å². The van der Waals surface area contributed by atoms with Crippen LogP contribution in [0.2, 0.25) is 0 Å². The molecule has 0 bridgehead atoms. The molecule has 1 unspecified atom stereocenters. The maximum atomic E-state index is 13.1. The third kappa shape index (κ3) is 4.40. The summed E-state index contributed by atoms with van der Waals surface area (Å²) in [5, 5.41) is 0. The number of anilines is 1. The first-order chi connectivity index (χ1) is 14.9. The molecule has 31 heavy (non-hydrogen) atoms. The van der Waals surface area contributed by atoms with Crippen LogP contribution >= 0.6 is 0 Å². The van der Waals surface area contributed by atoms with Crippen molar-refractivity contribution in [3.63, 3.8) is 0 Å². The Morgan fingerprint density at radius 1 is 1.23 bits per heavy atom. The van der Waals surface area contributed by atoms with Gasteiger partial charge in [-0.1, -0.05) is 37.3 Å². The molecule has 0 saturated carbocycles. The lowest BCUT2D eigenvalue weighted by molar-refractivity contribution is -0.116. The van der Waals surface area contributed by atoms with Crippen LogP contribution in [0.3, 0.4) is 0 Å². The lowest BCUT2D eigenvalue weighted by atomic mass is 10.0. The number of nitrogens with zero attached hydrogens (tertiary/aromatic N) is 2. The number of aromatic amines is 1. The fourth-order valence-corrected chi connectivity index (χ4v) is 5.27. The summed E-state index contributed by atoms with van der Waals surface area (Å²) in [6, 6.07) is 14.3. The number of carbonyl (C=O) groups excluding carboxylic acids is 1. The largest absolute Gasteiger partial charge is 0.341 e. The zero-order valence-corrected chi connectivity index (χ0v) is 18.4. The van der Waals surface area contributed by atoms with Gasteiger partial charge < -0.3 is 9.88 Å². The van der Waals surface area contributed by atoms with Crippen LogP contribution in [0.1, 0.15) is 44.1 Å². The number of aryl methyl sites for hydroxylation is 1. The summed E-state index contributed by atoms with van der Waals surface area (Å²) in [6.45, 7) is 4.10. The highest BCUT2D eigenvalue weighted by Crippen LogP contribution is 2.30. The zero-order chi connectivity index (χ0) is 22.0. The van der Waals surface area contributed by atoms with E-state index in [9.17, 15) is 13.2 Å². The second kappa shape index (κ2) is 8.64. The van der Waals surface area contributed by atoms with Gasteiger partial charge in [-0.3, -0.25) is 4.79 Å². The molecule has 3 aromatic rings. The van der Waals surface area contributed by atoms with Crippen LogP contribution in [-0.4, -0.2) is 30.8 Å². The van der Waals surface area contributed by atoms with Gasteiger partial charge in [-0.05, 0) is 48.6 Å². The van der Waals surface area contributed by atoms with Gasteiger partial charge in [0.1, 0.15) is 5.82 Å². The Hall–Kier alpha value is -2.97. The minimum Gasteiger partial charge on any atom is -0.341 e. The van der Waals surface area contributed by atoms with Crippen molar-refractivity contribution in [2.24, 2.45) is 0 Å². The summed E-state index contributed by atoms with van der Waals surface area (Å²) in [4.78, 5) is 21.4. The van der Waals surface area contributed by atoms with E-state index < -0.39 is 16.1 Å². The molecule has 0 fully saturated rings. The zero-order valence-electron chi connectivity index (χ0n) is 17.6. The molecule has 0 spiro atoms. The summed E-state index contributed by atoms with van der Waals surface area (Å²) in [5.41, 5.74) is 3.50. The molecule has 8 heteroatoms. The Morgan fingerprint density at radius 3 is 2.71 bits per heavy atom. The highest BCUT2D eigenvalue weighted by Gasteiger charge is 2.26. The molecule has 2 heterocycles. The van der Waals surface area contributed by atoms with Crippen molar-refractivity contribution in [3.05, 3.63) is 66.1 Å². The molecule has 1 amide bonds. The monoisotopic (exact) mass is 438 g/mol. The van der Waals surface area contributed by atoms with Gasteiger partial charge in [0.05, 0.1) is 22.8 Å². The van der Waals surface area contributed by atoms with Gasteiger partial charge in [-0.15, -0.1) is 0 Å². The van der Waals surface area contributed by atoms with E-state index in [2.05, 4.69) is 14.7 Å². The SMILES string of the molecule is CCC(NS(=O)(=O)c1ccc2c(c1)CCCN2C(C)=O)c1ncc(-c2ccccc2)[nH]1. The van der Waals surface area contributed by atoms with Gasteiger partial charge in [0, 0.05) is 19.2 Å². The molecule has 7 nitrogen and oxygen atoms in total. The summed E-state index contributed by atoms with van der Waals surface area (Å²) in [5.74, 6) is 0.540. The van der Waals surface area contributed by atoms with E-state index in [4.69, 9.17) is 0 Å². The number of imidazole rings is 1. The molecule has 1 atom stereocenters. The van der Waals surface area contributed by atoms with Gasteiger partial charge in [0.25, 0.3) is 0 Å². The van der Waals surface area contributed by atoms with Gasteiger partial charge in [0.2, 0.25) is 15.9 Å². The Bertz CT molecular complexity index is 1190. The molecule has 0 aliphatic carbocycles. The highest BCUT2D eigenvalue weighted by atomic mass is 32.2. The third-order valence-corrected chi connectivity index (χ3v) is 7.05. The second-order valence-corrected chi connectivity index (χ2v) is 9.41. The van der Waals surface area contributed by atoms with Crippen molar-refractivity contribution in [3.8, 4) is 11.3 Å². The number of hydrogen-bond acceptors (Lipinski definition) is 4. The first-order valence-electron chi connectivity index (χ1n) is 10.4. The standard InChI is InChI=1S/C23H26N4O3S/c1-3-20(23-24-15-21(25-23)17-8-5-4-6-9-17)26-31(29,30)19-11-12-22-18(14-19)10-7-13-27(22)16(2)28/h4-6,8-9,11-12,14-15,20,26H,3,7,10,13H2,1-2H3,(H,24,25). The van der Waals surface area contributed by atoms with E-state index in [-0.39, 0.29) is 10.8 Å². The molecule has 2 aromatic carbocycles. The quantitative estimate of drug-likeness (QED) is 0.612. The second-order valence-electron chi connectivity index (χ2n) is 7.69. The minimum absolute atomic E-state index is 0.0345. The Kier molecular flexibility index (Phi) is 5.93. The summed E-state index contributed by atoms with van der Waals surface area (Å²) >= 11 is 0. The Balaban J connectivity index is 1.58. The number of hydrogen-bond donors (Lipinski definition) is 2. The molecule has 0 radical (unpaired) electrons. The van der Waals surface area contributed by atoms with Crippen molar-refractivity contribution < 1.29 is 13.2 Å². The first kappa shape index (κ1) is 21.3. The van der Waals surface area contributed by atoms with Crippen molar-refractivity contribution in [1.29, 1.82) is 0 Å². The molecule has 1 aliphatic rings. The maximum absolute atomic E-state index is 13.1. The molecule has 1 aromatic heterocycles. The summed E-state index contributed by atoms with van der Waals surface area (Å²) in [7, 11) is -3.76. The fraction of sp³-hybridized carbons (Fsp3) is 0.304. The molecule has 0 saturated heterocycles. The van der Waals surface area contributed by atoms with Gasteiger partial charge in [-0.25, -0.2) is 18.1 Å². The molecular weight excluding hydrogens is 412 g/mol.